The Morgan fingerprint density at radius 2 is 2.35 bits per heavy atom. The van der Waals surface area contributed by atoms with Crippen molar-refractivity contribution in [2.45, 2.75) is 6.92 Å². The van der Waals surface area contributed by atoms with Crippen LogP contribution < -0.4 is 5.43 Å². The molecule has 0 aromatic heterocycles. The molecule has 5 heteroatoms. The molecule has 4 nitrogen and oxygen atoms in total. The van der Waals surface area contributed by atoms with Crippen LogP contribution in [0.25, 0.3) is 6.08 Å². The van der Waals surface area contributed by atoms with Gasteiger partial charge in [-0.25, -0.2) is 4.79 Å². The summed E-state index contributed by atoms with van der Waals surface area (Å²) in [5.41, 5.74) is 3.65. The summed E-state index contributed by atoms with van der Waals surface area (Å²) in [5.74, 6) is -1.03. The van der Waals surface area contributed by atoms with Gasteiger partial charge in [0.1, 0.15) is 5.71 Å². The van der Waals surface area contributed by atoms with Gasteiger partial charge in [-0.3, -0.25) is 0 Å². The molecule has 0 saturated heterocycles. The van der Waals surface area contributed by atoms with Crippen LogP contribution in [0.3, 0.4) is 0 Å². The van der Waals surface area contributed by atoms with E-state index in [0.717, 1.165) is 5.56 Å². The van der Waals surface area contributed by atoms with Crippen LogP contribution >= 0.6 is 11.6 Å². The number of aliphatic carboxylic acids is 1. The lowest BCUT2D eigenvalue weighted by Gasteiger charge is -1.96. The first-order valence-corrected chi connectivity index (χ1v) is 5.40. The van der Waals surface area contributed by atoms with Gasteiger partial charge < -0.3 is 10.5 Å². The van der Waals surface area contributed by atoms with Gasteiger partial charge >= 0.3 is 5.97 Å². The summed E-state index contributed by atoms with van der Waals surface area (Å²) in [6, 6.07) is 7.43. The van der Waals surface area contributed by atoms with Crippen molar-refractivity contribution in [1.82, 2.24) is 5.43 Å². The third-order valence-corrected chi connectivity index (χ3v) is 2.16. The third-order valence-electron chi connectivity index (χ3n) is 1.92. The Kier molecular flexibility index (Phi) is 5.23. The summed E-state index contributed by atoms with van der Waals surface area (Å²) in [4.78, 5) is 10.4. The third kappa shape index (κ3) is 5.17. The summed E-state index contributed by atoms with van der Waals surface area (Å²) >= 11 is 5.82. The van der Waals surface area contributed by atoms with E-state index in [9.17, 15) is 4.79 Å². The highest BCUT2D eigenvalue weighted by atomic mass is 35.5. The molecular formula is C12H13ClN2O2. The first-order valence-electron chi connectivity index (χ1n) is 5.02. The summed E-state index contributed by atoms with van der Waals surface area (Å²) in [7, 11) is 0. The molecule has 0 amide bonds. The Balaban J connectivity index is 2.41. The van der Waals surface area contributed by atoms with E-state index < -0.39 is 5.97 Å². The lowest BCUT2D eigenvalue weighted by Crippen LogP contribution is -2.15. The fourth-order valence-electron chi connectivity index (χ4n) is 1.07. The molecule has 0 radical (unpaired) electrons. The van der Waals surface area contributed by atoms with E-state index in [4.69, 9.17) is 16.7 Å². The van der Waals surface area contributed by atoms with Crippen molar-refractivity contribution < 1.29 is 9.90 Å². The predicted molar refractivity (Wildman–Crippen MR) is 69.2 cm³/mol. The Morgan fingerprint density at radius 1 is 1.59 bits per heavy atom. The maximum Gasteiger partial charge on any atom is 0.351 e. The minimum atomic E-state index is -1.03. The van der Waals surface area contributed by atoms with Crippen molar-refractivity contribution >= 4 is 29.4 Å². The van der Waals surface area contributed by atoms with Gasteiger partial charge in [0.15, 0.2) is 0 Å². The minimum Gasteiger partial charge on any atom is -0.477 e. The first kappa shape index (κ1) is 13.3. The predicted octanol–water partition coefficient (Wildman–Crippen LogP) is 2.40. The van der Waals surface area contributed by atoms with Gasteiger partial charge in [-0.2, -0.15) is 5.10 Å². The number of carbonyl (C=O) groups is 1. The van der Waals surface area contributed by atoms with Crippen LogP contribution in [0.4, 0.5) is 0 Å². The van der Waals surface area contributed by atoms with Crippen LogP contribution in [0.5, 0.6) is 0 Å². The number of hydrogen-bond acceptors (Lipinski definition) is 3. The molecule has 0 bridgehead atoms. The topological polar surface area (TPSA) is 61.7 Å². The highest BCUT2D eigenvalue weighted by Gasteiger charge is 1.99. The molecule has 90 valence electrons. The fraction of sp³-hybridized carbons (Fsp3) is 0.167. The van der Waals surface area contributed by atoms with Crippen LogP contribution in [-0.2, 0) is 4.79 Å². The quantitative estimate of drug-likeness (QED) is 0.481. The van der Waals surface area contributed by atoms with E-state index >= 15 is 0 Å². The second-order valence-electron chi connectivity index (χ2n) is 3.32. The van der Waals surface area contributed by atoms with E-state index in [-0.39, 0.29) is 5.71 Å². The lowest BCUT2D eigenvalue weighted by atomic mass is 10.2. The molecular weight excluding hydrogens is 240 g/mol. The molecule has 0 saturated carbocycles. The van der Waals surface area contributed by atoms with Crippen LogP contribution in [0.1, 0.15) is 12.5 Å². The Bertz CT molecular complexity index is 456. The molecule has 0 aliphatic rings. The smallest absolute Gasteiger partial charge is 0.351 e. The largest absolute Gasteiger partial charge is 0.477 e. The minimum absolute atomic E-state index is 0.0288. The van der Waals surface area contributed by atoms with Crippen molar-refractivity contribution in [1.29, 1.82) is 0 Å². The zero-order valence-corrected chi connectivity index (χ0v) is 10.1. The molecule has 0 aliphatic carbocycles. The van der Waals surface area contributed by atoms with Gasteiger partial charge in [0.05, 0.1) is 6.54 Å². The Labute approximate surface area is 105 Å². The fourth-order valence-corrected chi connectivity index (χ4v) is 1.27. The van der Waals surface area contributed by atoms with E-state index in [1.807, 2.05) is 30.4 Å². The molecule has 0 atom stereocenters. The molecule has 1 aromatic rings. The Morgan fingerprint density at radius 3 is 3.00 bits per heavy atom. The second-order valence-corrected chi connectivity index (χ2v) is 3.76. The van der Waals surface area contributed by atoms with Crippen LogP contribution in [-0.4, -0.2) is 23.3 Å². The molecule has 0 spiro atoms. The lowest BCUT2D eigenvalue weighted by molar-refractivity contribution is -0.129. The number of rotatable bonds is 5. The van der Waals surface area contributed by atoms with Gasteiger partial charge in [-0.15, -0.1) is 0 Å². The van der Waals surface area contributed by atoms with E-state index in [0.29, 0.717) is 11.6 Å². The number of carboxylic acid groups (broad SMARTS) is 1. The molecule has 0 heterocycles. The number of nitrogens with one attached hydrogen (secondary N) is 1. The first-order chi connectivity index (χ1) is 8.09. The molecule has 0 unspecified atom stereocenters. The second kappa shape index (κ2) is 6.70. The van der Waals surface area contributed by atoms with Crippen LogP contribution in [0.2, 0.25) is 5.02 Å². The molecule has 1 rings (SSSR count). The standard InChI is InChI=1S/C12H13ClN2O2/c1-9(12(16)17)15-14-7-3-5-10-4-2-6-11(13)8-10/h2-6,8,14H,7H2,1H3,(H,16,17)/b5-3+,15-9-. The monoisotopic (exact) mass is 252 g/mol. The average Bonchev–Trinajstić information content (AvgIpc) is 2.28. The molecule has 0 fully saturated rings. The maximum absolute atomic E-state index is 10.4. The number of hydrazone groups is 1. The van der Waals surface area contributed by atoms with Gasteiger partial charge in [0, 0.05) is 5.02 Å². The van der Waals surface area contributed by atoms with Crippen molar-refractivity contribution in [3.63, 3.8) is 0 Å². The highest BCUT2D eigenvalue weighted by Crippen LogP contribution is 2.11. The average molecular weight is 253 g/mol. The number of hydrogen-bond donors (Lipinski definition) is 2. The zero-order chi connectivity index (χ0) is 12.7. The number of benzene rings is 1. The summed E-state index contributed by atoms with van der Waals surface area (Å²) in [6.45, 7) is 1.88. The van der Waals surface area contributed by atoms with Crippen molar-refractivity contribution in [3.8, 4) is 0 Å². The van der Waals surface area contributed by atoms with Crippen LogP contribution in [0.15, 0.2) is 35.4 Å². The Hall–Kier alpha value is -1.81. The van der Waals surface area contributed by atoms with E-state index in [2.05, 4.69) is 10.5 Å². The summed E-state index contributed by atoms with van der Waals surface area (Å²) in [6.07, 6.45) is 3.72. The van der Waals surface area contributed by atoms with Gasteiger partial charge in [-0.05, 0) is 24.6 Å². The molecule has 17 heavy (non-hydrogen) atoms. The highest BCUT2D eigenvalue weighted by molar-refractivity contribution is 6.34. The van der Waals surface area contributed by atoms with Crippen molar-refractivity contribution in [3.05, 3.63) is 40.9 Å². The summed E-state index contributed by atoms with van der Waals surface area (Å²) in [5, 5.41) is 12.9. The number of halogens is 1. The van der Waals surface area contributed by atoms with Gasteiger partial charge in [-0.1, -0.05) is 35.9 Å². The van der Waals surface area contributed by atoms with E-state index in [1.54, 1.807) is 6.07 Å². The molecule has 1 aromatic carbocycles. The van der Waals surface area contributed by atoms with Gasteiger partial charge in [0.2, 0.25) is 0 Å². The zero-order valence-electron chi connectivity index (χ0n) is 9.35. The molecule has 0 aliphatic heterocycles. The summed E-state index contributed by atoms with van der Waals surface area (Å²) < 4.78 is 0. The molecule has 2 N–H and O–H groups in total. The number of carboxylic acids is 1. The van der Waals surface area contributed by atoms with Gasteiger partial charge in [0.25, 0.3) is 0 Å². The normalized spacial score (nSPS) is 11.8. The maximum atomic E-state index is 10.4. The van der Waals surface area contributed by atoms with Crippen LogP contribution in [0, 0.1) is 0 Å². The number of nitrogens with zero attached hydrogens (tertiary/aromatic N) is 1. The van der Waals surface area contributed by atoms with Crippen molar-refractivity contribution in [2.75, 3.05) is 6.54 Å². The van der Waals surface area contributed by atoms with Crippen molar-refractivity contribution in [2.24, 2.45) is 5.10 Å². The SMILES string of the molecule is C/C(=N/NC/C=C/c1cccc(Cl)c1)C(=O)O. The van der Waals surface area contributed by atoms with E-state index in [1.165, 1.54) is 6.92 Å².